The van der Waals surface area contributed by atoms with Gasteiger partial charge in [-0.05, 0) is 0 Å². The minimum Gasteiger partial charge on any atom is -0.394 e. The van der Waals surface area contributed by atoms with Crippen molar-refractivity contribution in [2.45, 2.75) is 31.3 Å². The Balaban J connectivity index is 0. The molecule has 0 aromatic heterocycles. The Morgan fingerprint density at radius 1 is 1.40 bits per heavy atom. The third-order valence-corrected chi connectivity index (χ3v) is 2.49. The maximum absolute atomic E-state index is 10.8. The molecule has 0 heterocycles. The Labute approximate surface area is 137 Å². The van der Waals surface area contributed by atoms with E-state index in [1.165, 1.54) is 0 Å². The van der Waals surface area contributed by atoms with Crippen LogP contribution in [-0.2, 0) is 24.2 Å². The smallest absolute Gasteiger partial charge is 0.394 e. The monoisotopic (exact) mass is 324 g/mol. The van der Waals surface area contributed by atoms with Gasteiger partial charge in [-0.15, -0.1) is 0 Å². The molecule has 0 aliphatic rings. The van der Waals surface area contributed by atoms with Crippen LogP contribution < -0.4 is 5.32 Å². The van der Waals surface area contributed by atoms with Gasteiger partial charge >= 0.3 is 10.4 Å². The maximum atomic E-state index is 10.8. The molecule has 20 heavy (non-hydrogen) atoms. The van der Waals surface area contributed by atoms with Crippen LogP contribution in [-0.4, -0.2) is 101 Å². The van der Waals surface area contributed by atoms with Crippen molar-refractivity contribution >= 4 is 52.1 Å². The molecule has 0 bridgehead atoms. The second-order valence-corrected chi connectivity index (χ2v) is 4.64. The minimum absolute atomic E-state index is 0. The molecule has 1 amide bonds. The number of hydrogen-bond donors (Lipinski definition) is 5. The summed E-state index contributed by atoms with van der Waals surface area (Å²) in [6, 6.07) is -1.66. The quantitative estimate of drug-likeness (QED) is 0.171. The summed E-state index contributed by atoms with van der Waals surface area (Å²) >= 11 is 0. The Kier molecular flexibility index (Phi) is 10.8. The predicted octanol–water partition coefficient (Wildman–Crippen LogP) is -3.79. The van der Waals surface area contributed by atoms with Gasteiger partial charge in [0.25, 0.3) is 0 Å². The van der Waals surface area contributed by atoms with E-state index in [0.29, 0.717) is 0 Å². The van der Waals surface area contributed by atoms with E-state index < -0.39 is 47.3 Å². The minimum atomic E-state index is -5.06. The Morgan fingerprint density at radius 3 is 2.20 bits per heavy atom. The van der Waals surface area contributed by atoms with Crippen LogP contribution in [0.25, 0.3) is 0 Å². The summed E-state index contributed by atoms with van der Waals surface area (Å²) in [6.45, 7) is 0.0496. The van der Waals surface area contributed by atoms with Crippen molar-refractivity contribution in [2.24, 2.45) is 0 Å². The normalized spacial score (nSPS) is 17.2. The fourth-order valence-electron chi connectivity index (χ4n) is 1.22. The average Bonchev–Trinajstić information content (AvgIpc) is 2.29. The summed E-state index contributed by atoms with van der Waals surface area (Å²) in [4.78, 5) is 21.6. The molecule has 0 aliphatic heterocycles. The molecule has 4 atom stereocenters. The topological polar surface area (TPSA) is 170 Å². The van der Waals surface area contributed by atoms with Gasteiger partial charge in [0.05, 0.1) is 6.61 Å². The first kappa shape index (κ1) is 22.2. The van der Waals surface area contributed by atoms with E-state index in [1.807, 2.05) is 5.32 Å². The van der Waals surface area contributed by atoms with E-state index in [9.17, 15) is 28.2 Å². The van der Waals surface area contributed by atoms with E-state index in [-0.39, 0.29) is 35.8 Å². The molecule has 0 saturated heterocycles. The zero-order chi connectivity index (χ0) is 15.2. The number of amides is 1. The van der Waals surface area contributed by atoms with Crippen molar-refractivity contribution < 1.29 is 42.1 Å². The van der Waals surface area contributed by atoms with Crippen LogP contribution in [0, 0.1) is 0 Å². The third-order valence-electron chi connectivity index (χ3n) is 2.02. The van der Waals surface area contributed by atoms with Gasteiger partial charge in [0.2, 0.25) is 5.91 Å². The van der Waals surface area contributed by atoms with Crippen molar-refractivity contribution in [2.75, 3.05) is 6.61 Å². The first-order chi connectivity index (χ1) is 8.62. The number of aliphatic hydroxyl groups is 3. The number of aldehydes is 1. The van der Waals surface area contributed by atoms with Crippen LogP contribution in [0.2, 0.25) is 0 Å². The Morgan fingerprint density at radius 2 is 1.90 bits per heavy atom. The van der Waals surface area contributed by atoms with Crippen LogP contribution in [0.15, 0.2) is 0 Å². The predicted molar refractivity (Wildman–Crippen MR) is 64.9 cm³/mol. The molecule has 12 heteroatoms. The molecule has 0 rings (SSSR count). The van der Waals surface area contributed by atoms with Gasteiger partial charge in [-0.25, -0.2) is 4.18 Å². The molecule has 10 nitrogen and oxygen atoms in total. The number of nitrogens with one attached hydrogen (secondary N) is 1. The second kappa shape index (κ2) is 9.76. The molecule has 113 valence electrons. The number of hydrogen-bond acceptors (Lipinski definition) is 8. The maximum Gasteiger partial charge on any atom is 0.397 e. The third kappa shape index (κ3) is 8.24. The van der Waals surface area contributed by atoms with Gasteiger partial charge in [0, 0.05) is 36.5 Å². The van der Waals surface area contributed by atoms with E-state index in [1.54, 1.807) is 0 Å². The van der Waals surface area contributed by atoms with E-state index in [4.69, 9.17) is 9.66 Å². The molecular weight excluding hydrogens is 309 g/mol. The van der Waals surface area contributed by atoms with Gasteiger partial charge < -0.3 is 25.4 Å². The number of aliphatic hydroxyl groups excluding tert-OH is 3. The van der Waals surface area contributed by atoms with Crippen LogP contribution in [0.3, 0.4) is 0 Å². The number of carbonyl (C=O) groups is 2. The van der Waals surface area contributed by atoms with E-state index in [2.05, 4.69) is 4.18 Å². The van der Waals surface area contributed by atoms with Crippen LogP contribution in [0.1, 0.15) is 6.92 Å². The van der Waals surface area contributed by atoms with Gasteiger partial charge in [-0.3, -0.25) is 9.35 Å². The number of rotatable bonds is 8. The summed E-state index contributed by atoms with van der Waals surface area (Å²) in [5, 5.41) is 29.3. The summed E-state index contributed by atoms with van der Waals surface area (Å²) < 4.78 is 33.8. The molecule has 1 radical (unpaired) electrons. The molecule has 0 fully saturated rings. The van der Waals surface area contributed by atoms with Gasteiger partial charge in [-0.1, -0.05) is 0 Å². The largest absolute Gasteiger partial charge is 0.397 e. The Hall–Kier alpha value is -0.110. The molecule has 5 N–H and O–H groups in total. The fraction of sp³-hybridized carbons (Fsp3) is 0.750. The zero-order valence-electron chi connectivity index (χ0n) is 10.8. The van der Waals surface area contributed by atoms with Crippen molar-refractivity contribution in [3.63, 3.8) is 0 Å². The SMILES string of the molecule is CC(=O)N[C@@H](C=O)[C@@H](OS(=O)(=O)O)[C@H](O)[C@H](O)CO.[Na]. The summed E-state index contributed by atoms with van der Waals surface area (Å²) in [6.07, 6.45) is -5.85. The summed E-state index contributed by atoms with van der Waals surface area (Å²) in [5.74, 6) is -0.744. The molecule has 0 saturated carbocycles. The molecule has 0 aromatic rings. The van der Waals surface area contributed by atoms with E-state index >= 15 is 0 Å². The fourth-order valence-corrected chi connectivity index (χ4v) is 1.74. The molecule has 0 aromatic carbocycles. The van der Waals surface area contributed by atoms with Crippen molar-refractivity contribution in [1.29, 1.82) is 0 Å². The first-order valence-corrected chi connectivity index (χ1v) is 6.34. The first-order valence-electron chi connectivity index (χ1n) is 4.97. The molecule has 0 spiro atoms. The average molecular weight is 324 g/mol. The van der Waals surface area contributed by atoms with Crippen LogP contribution >= 0.6 is 0 Å². The molecule has 0 aliphatic carbocycles. The summed E-state index contributed by atoms with van der Waals surface area (Å²) in [5.41, 5.74) is 0. The van der Waals surface area contributed by atoms with Crippen LogP contribution in [0.5, 0.6) is 0 Å². The molecular formula is C8H15NNaO9S. The standard InChI is InChI=1S/C8H15NO9S.Na/c1-4(12)9-5(2-10)8(18-19(15,16)17)7(14)6(13)3-11;/h2,5-8,11,13-14H,3H2,1H3,(H,9,12)(H,15,16,17);/t5-,6+,7+,8+;/m0./s1. The number of carbonyl (C=O) groups excluding carboxylic acids is 2. The van der Waals surface area contributed by atoms with Crippen molar-refractivity contribution in [3.05, 3.63) is 0 Å². The van der Waals surface area contributed by atoms with Crippen molar-refractivity contribution in [1.82, 2.24) is 5.32 Å². The van der Waals surface area contributed by atoms with Gasteiger partial charge in [0.15, 0.2) is 0 Å². The Bertz CT molecular complexity index is 414. The van der Waals surface area contributed by atoms with Gasteiger partial charge in [0.1, 0.15) is 30.6 Å². The zero-order valence-corrected chi connectivity index (χ0v) is 13.6. The molecule has 0 unspecified atom stereocenters. The van der Waals surface area contributed by atoms with Crippen molar-refractivity contribution in [3.8, 4) is 0 Å². The second-order valence-electron chi connectivity index (χ2n) is 3.59. The summed E-state index contributed by atoms with van der Waals surface area (Å²) in [7, 11) is -5.06. The van der Waals surface area contributed by atoms with Gasteiger partial charge in [-0.2, -0.15) is 8.42 Å². The van der Waals surface area contributed by atoms with E-state index in [0.717, 1.165) is 6.92 Å². The van der Waals surface area contributed by atoms with Crippen LogP contribution in [0.4, 0.5) is 0 Å².